The van der Waals surface area contributed by atoms with Gasteiger partial charge in [0.2, 0.25) is 0 Å². The molecule has 20 heavy (non-hydrogen) atoms. The maximum absolute atomic E-state index is 11.3. The molecular formula is C15H17N3OS. The number of thiophene rings is 1. The van der Waals surface area contributed by atoms with Gasteiger partial charge in [0.25, 0.3) is 0 Å². The van der Waals surface area contributed by atoms with Gasteiger partial charge in [-0.25, -0.2) is 9.97 Å². The number of hydrogen-bond acceptors (Lipinski definition) is 5. The summed E-state index contributed by atoms with van der Waals surface area (Å²) in [6, 6.07) is 3.98. The first-order chi connectivity index (χ1) is 9.61. The number of fused-ring (bicyclic) bond motifs is 1. The molecule has 104 valence electrons. The fraction of sp³-hybridized carbons (Fsp3) is 0.400. The number of rotatable bonds is 3. The van der Waals surface area contributed by atoms with Crippen LogP contribution < -0.4 is 0 Å². The van der Waals surface area contributed by atoms with Crippen LogP contribution in [0.4, 0.5) is 0 Å². The average Bonchev–Trinajstić information content (AvgIpc) is 2.88. The number of carbonyl (C=O) groups excluding carboxylic acids is 1. The van der Waals surface area contributed by atoms with Crippen molar-refractivity contribution >= 4 is 17.1 Å². The molecule has 0 amide bonds. The lowest BCUT2D eigenvalue weighted by atomic mass is 10.1. The van der Waals surface area contributed by atoms with E-state index < -0.39 is 0 Å². The minimum Gasteiger partial charge on any atom is -0.294 e. The van der Waals surface area contributed by atoms with Crippen molar-refractivity contribution < 1.29 is 4.79 Å². The summed E-state index contributed by atoms with van der Waals surface area (Å²) in [6.45, 7) is 6.35. The molecule has 0 bridgehead atoms. The van der Waals surface area contributed by atoms with E-state index in [2.05, 4.69) is 20.9 Å². The van der Waals surface area contributed by atoms with Crippen molar-refractivity contribution in [2.45, 2.75) is 33.4 Å². The third-order valence-electron chi connectivity index (χ3n) is 3.52. The van der Waals surface area contributed by atoms with Crippen molar-refractivity contribution in [2.24, 2.45) is 0 Å². The van der Waals surface area contributed by atoms with Crippen LogP contribution in [0.3, 0.4) is 0 Å². The number of Topliss-reactive ketones (excluding diaryl/α,β-unsaturated/α-hetero) is 1. The summed E-state index contributed by atoms with van der Waals surface area (Å²) in [7, 11) is 0. The van der Waals surface area contributed by atoms with Crippen molar-refractivity contribution in [3.05, 3.63) is 45.2 Å². The first kappa shape index (κ1) is 13.4. The van der Waals surface area contributed by atoms with Crippen LogP contribution >= 0.6 is 11.3 Å². The van der Waals surface area contributed by atoms with E-state index in [0.29, 0.717) is 0 Å². The van der Waals surface area contributed by atoms with Crippen LogP contribution in [0.1, 0.15) is 38.6 Å². The zero-order valence-corrected chi connectivity index (χ0v) is 12.5. The van der Waals surface area contributed by atoms with Crippen molar-refractivity contribution in [3.8, 4) is 0 Å². The maximum atomic E-state index is 11.3. The lowest BCUT2D eigenvalue weighted by Crippen LogP contribution is -2.30. The van der Waals surface area contributed by atoms with Gasteiger partial charge in [-0.2, -0.15) is 0 Å². The Morgan fingerprint density at radius 1 is 1.45 bits per heavy atom. The van der Waals surface area contributed by atoms with Crippen LogP contribution in [0.15, 0.2) is 18.3 Å². The van der Waals surface area contributed by atoms with E-state index in [1.54, 1.807) is 18.3 Å². The normalized spacial score (nSPS) is 15.1. The third kappa shape index (κ3) is 2.78. The molecule has 0 aromatic carbocycles. The average molecular weight is 287 g/mol. The number of hydrogen-bond donors (Lipinski definition) is 0. The fourth-order valence-corrected chi connectivity index (χ4v) is 3.43. The van der Waals surface area contributed by atoms with E-state index in [-0.39, 0.29) is 5.78 Å². The highest BCUT2D eigenvalue weighted by atomic mass is 32.1. The minimum atomic E-state index is 0.147. The van der Waals surface area contributed by atoms with E-state index in [1.165, 1.54) is 16.1 Å². The van der Waals surface area contributed by atoms with Gasteiger partial charge in [-0.05, 0) is 26.0 Å². The van der Waals surface area contributed by atoms with Gasteiger partial charge in [-0.15, -0.1) is 11.3 Å². The van der Waals surface area contributed by atoms with E-state index in [1.807, 2.05) is 19.2 Å². The first-order valence-corrected chi connectivity index (χ1v) is 7.57. The van der Waals surface area contributed by atoms with Gasteiger partial charge in [0.1, 0.15) is 5.82 Å². The monoisotopic (exact) mass is 287 g/mol. The van der Waals surface area contributed by atoms with Gasteiger partial charge >= 0.3 is 0 Å². The van der Waals surface area contributed by atoms with Crippen LogP contribution in [-0.2, 0) is 19.5 Å². The zero-order chi connectivity index (χ0) is 14.1. The topological polar surface area (TPSA) is 46.1 Å². The molecule has 0 saturated carbocycles. The molecule has 0 radical (unpaired) electrons. The van der Waals surface area contributed by atoms with E-state index >= 15 is 0 Å². The first-order valence-electron chi connectivity index (χ1n) is 6.75. The van der Waals surface area contributed by atoms with Gasteiger partial charge in [-0.1, -0.05) is 0 Å². The van der Waals surface area contributed by atoms with Crippen molar-refractivity contribution in [1.29, 1.82) is 0 Å². The molecule has 2 aromatic heterocycles. The van der Waals surface area contributed by atoms with Gasteiger partial charge in [0, 0.05) is 48.4 Å². The molecule has 0 spiro atoms. The molecule has 0 saturated heterocycles. The second-order valence-corrected chi connectivity index (χ2v) is 6.34. The smallest absolute Gasteiger partial charge is 0.169 e. The Morgan fingerprint density at radius 3 is 3.05 bits per heavy atom. The Bertz CT molecular complexity index is 650. The number of nitrogens with zero attached hydrogens (tertiary/aromatic N) is 3. The fourth-order valence-electron chi connectivity index (χ4n) is 2.48. The molecule has 0 fully saturated rings. The van der Waals surface area contributed by atoms with Crippen LogP contribution in [-0.4, -0.2) is 27.2 Å². The lowest BCUT2D eigenvalue weighted by molar-refractivity contribution is 0.102. The molecule has 2 aromatic rings. The number of ketones is 1. The summed E-state index contributed by atoms with van der Waals surface area (Å²) < 4.78 is 0. The summed E-state index contributed by atoms with van der Waals surface area (Å²) in [4.78, 5) is 24.6. The Morgan fingerprint density at radius 2 is 2.30 bits per heavy atom. The number of aromatic nitrogens is 2. The van der Waals surface area contributed by atoms with Crippen LogP contribution in [0, 0.1) is 6.92 Å². The summed E-state index contributed by atoms with van der Waals surface area (Å²) in [6.07, 6.45) is 2.92. The van der Waals surface area contributed by atoms with Gasteiger partial charge < -0.3 is 0 Å². The highest BCUT2D eigenvalue weighted by Gasteiger charge is 2.18. The van der Waals surface area contributed by atoms with Crippen LogP contribution in [0.5, 0.6) is 0 Å². The molecule has 3 rings (SSSR count). The predicted octanol–water partition coefficient (Wildman–Crippen LogP) is 2.61. The van der Waals surface area contributed by atoms with Crippen molar-refractivity contribution in [1.82, 2.24) is 14.9 Å². The Labute approximate surface area is 122 Å². The number of carbonyl (C=O) groups is 1. The van der Waals surface area contributed by atoms with Gasteiger partial charge in [-0.3, -0.25) is 9.69 Å². The highest BCUT2D eigenvalue weighted by molar-refractivity contribution is 7.14. The van der Waals surface area contributed by atoms with Crippen LogP contribution in [0.2, 0.25) is 0 Å². The summed E-state index contributed by atoms with van der Waals surface area (Å²) in [5.41, 5.74) is 2.41. The maximum Gasteiger partial charge on any atom is 0.169 e. The molecule has 0 aliphatic carbocycles. The van der Waals surface area contributed by atoms with Crippen LogP contribution in [0.25, 0.3) is 0 Å². The summed E-state index contributed by atoms with van der Waals surface area (Å²) in [5, 5.41) is 0. The molecule has 0 N–H and O–H groups in total. The summed E-state index contributed by atoms with van der Waals surface area (Å²) >= 11 is 1.60. The molecule has 5 heteroatoms. The Balaban J connectivity index is 1.70. The van der Waals surface area contributed by atoms with Crippen molar-refractivity contribution in [2.75, 3.05) is 6.54 Å². The second-order valence-electron chi connectivity index (χ2n) is 5.17. The lowest BCUT2D eigenvalue weighted by Gasteiger charge is -2.27. The van der Waals surface area contributed by atoms with E-state index in [4.69, 9.17) is 0 Å². The Hall–Kier alpha value is -1.59. The quantitative estimate of drug-likeness (QED) is 0.814. The minimum absolute atomic E-state index is 0.147. The van der Waals surface area contributed by atoms with Gasteiger partial charge in [0.05, 0.1) is 4.88 Å². The zero-order valence-electron chi connectivity index (χ0n) is 11.7. The largest absolute Gasteiger partial charge is 0.294 e. The predicted molar refractivity (Wildman–Crippen MR) is 78.9 cm³/mol. The molecule has 4 nitrogen and oxygen atoms in total. The molecule has 1 aliphatic heterocycles. The van der Waals surface area contributed by atoms with Gasteiger partial charge in [0.15, 0.2) is 5.78 Å². The molecule has 0 atom stereocenters. The van der Waals surface area contributed by atoms with Crippen molar-refractivity contribution in [3.63, 3.8) is 0 Å². The highest BCUT2D eigenvalue weighted by Crippen LogP contribution is 2.22. The number of aryl methyl sites for hydroxylation is 1. The molecule has 1 aliphatic rings. The molecular weight excluding hydrogens is 270 g/mol. The van der Waals surface area contributed by atoms with E-state index in [0.717, 1.165) is 36.8 Å². The third-order valence-corrected chi connectivity index (χ3v) is 4.69. The Kier molecular flexibility index (Phi) is 3.63. The molecule has 0 unspecified atom stereocenters. The standard InChI is InChI=1S/C15H17N3OS/c1-10(19)15-4-3-13(20-15)9-18-6-5-14-12(8-18)7-16-11(2)17-14/h3-4,7H,5-6,8-9H2,1-2H3. The van der Waals surface area contributed by atoms with E-state index in [9.17, 15) is 4.79 Å². The second kappa shape index (κ2) is 5.42. The SMILES string of the molecule is CC(=O)c1ccc(CN2CCc3nc(C)ncc3C2)s1. The molecule has 3 heterocycles. The summed E-state index contributed by atoms with van der Waals surface area (Å²) in [5.74, 6) is 0.996.